The van der Waals surface area contributed by atoms with E-state index in [2.05, 4.69) is 21.7 Å². The number of likely N-dealkylation sites (tertiary alicyclic amines) is 1. The quantitative estimate of drug-likeness (QED) is 0.862. The van der Waals surface area contributed by atoms with E-state index < -0.39 is 0 Å². The van der Waals surface area contributed by atoms with Gasteiger partial charge in [0.05, 0.1) is 6.54 Å². The molecule has 1 aromatic rings. The molecule has 1 saturated carbocycles. The van der Waals surface area contributed by atoms with Crippen molar-refractivity contribution in [1.29, 1.82) is 0 Å². The summed E-state index contributed by atoms with van der Waals surface area (Å²) >= 11 is 1.81. The van der Waals surface area contributed by atoms with Crippen molar-refractivity contribution in [2.75, 3.05) is 26.2 Å². The lowest BCUT2D eigenvalue weighted by Crippen LogP contribution is -2.49. The Hall–Kier alpha value is -1.40. The van der Waals surface area contributed by atoms with Crippen LogP contribution in [-0.2, 0) is 22.6 Å². The Bertz CT molecular complexity index is 660. The van der Waals surface area contributed by atoms with Crippen LogP contribution in [0, 0.1) is 5.92 Å². The molecule has 3 heterocycles. The minimum Gasteiger partial charge on any atom is -0.353 e. The van der Waals surface area contributed by atoms with Crippen molar-refractivity contribution in [1.82, 2.24) is 15.1 Å². The number of thiophene rings is 1. The van der Waals surface area contributed by atoms with Crippen molar-refractivity contribution in [2.24, 2.45) is 5.92 Å². The molecule has 6 heteroatoms. The van der Waals surface area contributed by atoms with Gasteiger partial charge >= 0.3 is 0 Å². The third-order valence-corrected chi connectivity index (χ3v) is 7.45. The first-order chi connectivity index (χ1) is 13.2. The standard InChI is InChI=1S/C21H31N3O2S/c25-20(24-12-8-19-17(14-24)9-13-27-19)15-23-10-6-18(7-11-23)22-21(26)16-4-2-1-3-5-16/h9,13,16,18H,1-8,10-12,14-15H2,(H,22,26). The Morgan fingerprint density at radius 1 is 1.07 bits per heavy atom. The number of piperidine rings is 1. The van der Waals surface area contributed by atoms with E-state index in [0.29, 0.717) is 6.54 Å². The van der Waals surface area contributed by atoms with Crippen LogP contribution >= 0.6 is 11.3 Å². The first-order valence-electron chi connectivity index (χ1n) is 10.5. The molecule has 2 aliphatic heterocycles. The normalized spacial score (nSPS) is 22.4. The minimum atomic E-state index is 0.236. The van der Waals surface area contributed by atoms with E-state index in [-0.39, 0.29) is 23.8 Å². The van der Waals surface area contributed by atoms with E-state index in [4.69, 9.17) is 0 Å². The summed E-state index contributed by atoms with van der Waals surface area (Å²) in [6, 6.07) is 2.44. The lowest BCUT2D eigenvalue weighted by molar-refractivity contribution is -0.134. The highest BCUT2D eigenvalue weighted by Crippen LogP contribution is 2.25. The third kappa shape index (κ3) is 4.72. The molecule has 1 saturated heterocycles. The number of hydrogen-bond donors (Lipinski definition) is 1. The monoisotopic (exact) mass is 389 g/mol. The van der Waals surface area contributed by atoms with Crippen molar-refractivity contribution in [2.45, 2.75) is 64.0 Å². The first-order valence-corrected chi connectivity index (χ1v) is 11.4. The van der Waals surface area contributed by atoms with Gasteiger partial charge in [-0.25, -0.2) is 0 Å². The van der Waals surface area contributed by atoms with E-state index in [0.717, 1.165) is 58.3 Å². The largest absolute Gasteiger partial charge is 0.353 e. The Morgan fingerprint density at radius 3 is 2.63 bits per heavy atom. The predicted octanol–water partition coefficient (Wildman–Crippen LogP) is 2.79. The van der Waals surface area contributed by atoms with Crippen molar-refractivity contribution in [3.8, 4) is 0 Å². The summed E-state index contributed by atoms with van der Waals surface area (Å²) in [6.07, 6.45) is 8.70. The van der Waals surface area contributed by atoms with E-state index in [1.54, 1.807) is 0 Å². The van der Waals surface area contributed by atoms with Gasteiger partial charge < -0.3 is 10.2 Å². The molecule has 0 aromatic carbocycles. The maximum absolute atomic E-state index is 12.7. The zero-order chi connectivity index (χ0) is 18.6. The lowest BCUT2D eigenvalue weighted by Gasteiger charge is -2.35. The van der Waals surface area contributed by atoms with Gasteiger partial charge in [-0.3, -0.25) is 14.5 Å². The highest BCUT2D eigenvalue weighted by molar-refractivity contribution is 7.10. The lowest BCUT2D eigenvalue weighted by atomic mass is 9.88. The van der Waals surface area contributed by atoms with E-state index in [1.165, 1.54) is 29.7 Å². The molecule has 0 atom stereocenters. The summed E-state index contributed by atoms with van der Waals surface area (Å²) in [5.41, 5.74) is 1.32. The van der Waals surface area contributed by atoms with Gasteiger partial charge in [0.1, 0.15) is 0 Å². The van der Waals surface area contributed by atoms with Crippen molar-refractivity contribution in [3.63, 3.8) is 0 Å². The summed E-state index contributed by atoms with van der Waals surface area (Å²) in [6.45, 7) is 3.94. The van der Waals surface area contributed by atoms with Crippen LogP contribution in [0.3, 0.4) is 0 Å². The van der Waals surface area contributed by atoms with Crippen LogP contribution in [0.5, 0.6) is 0 Å². The molecular formula is C21H31N3O2S. The minimum absolute atomic E-state index is 0.236. The smallest absolute Gasteiger partial charge is 0.237 e. The molecule has 1 aromatic heterocycles. The molecule has 0 unspecified atom stereocenters. The van der Waals surface area contributed by atoms with Crippen LogP contribution in [-0.4, -0.2) is 53.8 Å². The summed E-state index contributed by atoms with van der Waals surface area (Å²) in [5, 5.41) is 5.40. The van der Waals surface area contributed by atoms with E-state index in [9.17, 15) is 9.59 Å². The molecule has 148 valence electrons. The van der Waals surface area contributed by atoms with Crippen LogP contribution in [0.15, 0.2) is 11.4 Å². The van der Waals surface area contributed by atoms with Gasteiger partial charge in [0.2, 0.25) is 11.8 Å². The summed E-state index contributed by atoms with van der Waals surface area (Å²) in [4.78, 5) is 30.8. The Kier molecular flexibility index (Phi) is 6.13. The summed E-state index contributed by atoms with van der Waals surface area (Å²) < 4.78 is 0. The molecule has 0 bridgehead atoms. The molecule has 1 N–H and O–H groups in total. The maximum Gasteiger partial charge on any atom is 0.237 e. The predicted molar refractivity (Wildman–Crippen MR) is 108 cm³/mol. The molecule has 3 aliphatic rings. The van der Waals surface area contributed by atoms with Gasteiger partial charge in [-0.2, -0.15) is 0 Å². The van der Waals surface area contributed by atoms with Gasteiger partial charge in [0.25, 0.3) is 0 Å². The SMILES string of the molecule is O=C(NC1CCN(CC(=O)N2CCc3sccc3C2)CC1)C1CCCCC1. The van der Waals surface area contributed by atoms with Crippen LogP contribution in [0.1, 0.15) is 55.4 Å². The van der Waals surface area contributed by atoms with Gasteiger partial charge in [0, 0.05) is 43.0 Å². The van der Waals surface area contributed by atoms with Gasteiger partial charge in [-0.1, -0.05) is 19.3 Å². The van der Waals surface area contributed by atoms with Crippen LogP contribution in [0.4, 0.5) is 0 Å². The molecule has 0 spiro atoms. The van der Waals surface area contributed by atoms with Gasteiger partial charge in [0.15, 0.2) is 0 Å². The fourth-order valence-electron chi connectivity index (χ4n) is 4.67. The highest BCUT2D eigenvalue weighted by atomic mass is 32.1. The molecule has 0 radical (unpaired) electrons. The topological polar surface area (TPSA) is 52.7 Å². The average molecular weight is 390 g/mol. The molecular weight excluding hydrogens is 358 g/mol. The molecule has 1 aliphatic carbocycles. The second kappa shape index (κ2) is 8.74. The number of nitrogens with zero attached hydrogens (tertiary/aromatic N) is 2. The highest BCUT2D eigenvalue weighted by Gasteiger charge is 2.28. The van der Waals surface area contributed by atoms with Crippen molar-refractivity contribution in [3.05, 3.63) is 21.9 Å². The van der Waals surface area contributed by atoms with Crippen LogP contribution < -0.4 is 5.32 Å². The number of rotatable bonds is 4. The maximum atomic E-state index is 12.7. The number of fused-ring (bicyclic) bond motifs is 1. The van der Waals surface area contributed by atoms with Crippen LogP contribution in [0.25, 0.3) is 0 Å². The van der Waals surface area contributed by atoms with Gasteiger partial charge in [-0.15, -0.1) is 11.3 Å². The molecule has 5 nitrogen and oxygen atoms in total. The molecule has 27 heavy (non-hydrogen) atoms. The fourth-order valence-corrected chi connectivity index (χ4v) is 5.56. The Balaban J connectivity index is 1.19. The molecule has 4 rings (SSSR count). The first kappa shape index (κ1) is 18.9. The average Bonchev–Trinajstić information content (AvgIpc) is 3.18. The van der Waals surface area contributed by atoms with Crippen LogP contribution in [0.2, 0.25) is 0 Å². The number of amides is 2. The van der Waals surface area contributed by atoms with Crippen molar-refractivity contribution < 1.29 is 9.59 Å². The Morgan fingerprint density at radius 2 is 1.85 bits per heavy atom. The number of carbonyl (C=O) groups is 2. The fraction of sp³-hybridized carbons (Fsp3) is 0.714. The van der Waals surface area contributed by atoms with Gasteiger partial charge in [-0.05, 0) is 49.1 Å². The number of hydrogen-bond acceptors (Lipinski definition) is 4. The van der Waals surface area contributed by atoms with E-state index in [1.807, 2.05) is 16.2 Å². The molecule has 2 amide bonds. The zero-order valence-electron chi connectivity index (χ0n) is 16.1. The zero-order valence-corrected chi connectivity index (χ0v) is 16.9. The number of nitrogens with one attached hydrogen (secondary N) is 1. The second-order valence-electron chi connectivity index (χ2n) is 8.33. The number of carbonyl (C=O) groups excluding carboxylic acids is 2. The third-order valence-electron chi connectivity index (χ3n) is 6.43. The second-order valence-corrected chi connectivity index (χ2v) is 9.33. The van der Waals surface area contributed by atoms with E-state index >= 15 is 0 Å². The summed E-state index contributed by atoms with van der Waals surface area (Å²) in [7, 11) is 0. The summed E-state index contributed by atoms with van der Waals surface area (Å²) in [5.74, 6) is 0.750. The molecule has 2 fully saturated rings. The Labute approximate surface area is 166 Å². The van der Waals surface area contributed by atoms with Crippen molar-refractivity contribution >= 4 is 23.2 Å².